The normalized spacial score (nSPS) is 26.9. The standard InChI is InChI=1S/C21H22N2O4/c1-2-12-9-23-8-7-14-13-5-3-4-6-17(13)22-19(14)20(23)15(10-24)18(12)16(11-25)21(26)27/h3-6,10-12,15,20,22H,2,7-9H2,1H3,(H,26,27). The molecule has 0 amide bonds. The largest absolute Gasteiger partial charge is 0.478 e. The molecule has 1 fully saturated rings. The number of aliphatic carboxylic acids is 1. The smallest absolute Gasteiger partial charge is 0.339 e. The molecule has 2 aromatic rings. The van der Waals surface area contributed by atoms with Gasteiger partial charge in [-0.05, 0) is 36.0 Å². The quantitative estimate of drug-likeness (QED) is 0.376. The number of aromatic amines is 1. The van der Waals surface area contributed by atoms with Gasteiger partial charge in [0.25, 0.3) is 0 Å². The maximum absolute atomic E-state index is 12.2. The number of nitrogens with zero attached hydrogens (tertiary/aromatic N) is 1. The number of carboxylic acids is 1. The van der Waals surface area contributed by atoms with E-state index in [0.29, 0.717) is 24.8 Å². The molecule has 0 saturated carbocycles. The molecule has 27 heavy (non-hydrogen) atoms. The summed E-state index contributed by atoms with van der Waals surface area (Å²) >= 11 is 0. The first-order valence-electron chi connectivity index (χ1n) is 9.32. The molecule has 140 valence electrons. The van der Waals surface area contributed by atoms with Crippen LogP contribution in [0.4, 0.5) is 0 Å². The lowest BCUT2D eigenvalue weighted by molar-refractivity contribution is -0.133. The van der Waals surface area contributed by atoms with Gasteiger partial charge in [-0.25, -0.2) is 4.79 Å². The van der Waals surface area contributed by atoms with E-state index in [1.807, 2.05) is 25.1 Å². The van der Waals surface area contributed by atoms with Gasteiger partial charge in [-0.3, -0.25) is 9.69 Å². The molecule has 3 heterocycles. The summed E-state index contributed by atoms with van der Waals surface area (Å²) in [6.45, 7) is 3.44. The molecule has 6 heteroatoms. The van der Waals surface area contributed by atoms with Crippen molar-refractivity contribution >= 4 is 29.4 Å². The summed E-state index contributed by atoms with van der Waals surface area (Å²) in [6.07, 6.45) is 2.78. The van der Waals surface area contributed by atoms with E-state index in [1.165, 1.54) is 5.56 Å². The molecule has 4 rings (SSSR count). The third-order valence-electron chi connectivity index (χ3n) is 6.08. The molecule has 0 bridgehead atoms. The molecule has 0 aliphatic carbocycles. The fraction of sp³-hybridized carbons (Fsp3) is 0.381. The van der Waals surface area contributed by atoms with Crippen LogP contribution in [0.3, 0.4) is 0 Å². The van der Waals surface area contributed by atoms with E-state index < -0.39 is 11.9 Å². The Balaban J connectivity index is 1.92. The third-order valence-corrected chi connectivity index (χ3v) is 6.08. The fourth-order valence-electron chi connectivity index (χ4n) is 4.89. The highest BCUT2D eigenvalue weighted by Crippen LogP contribution is 2.47. The second-order valence-electron chi connectivity index (χ2n) is 7.31. The molecule has 1 saturated heterocycles. The molecule has 0 radical (unpaired) electrons. The Morgan fingerprint density at radius 2 is 2.11 bits per heavy atom. The van der Waals surface area contributed by atoms with E-state index in [1.54, 1.807) is 0 Å². The zero-order valence-corrected chi connectivity index (χ0v) is 15.1. The van der Waals surface area contributed by atoms with Gasteiger partial charge < -0.3 is 14.9 Å². The average Bonchev–Trinajstić information content (AvgIpc) is 3.06. The highest BCUT2D eigenvalue weighted by molar-refractivity contribution is 6.08. The maximum Gasteiger partial charge on any atom is 0.339 e. The van der Waals surface area contributed by atoms with Gasteiger partial charge in [0.2, 0.25) is 0 Å². The van der Waals surface area contributed by atoms with Crippen molar-refractivity contribution in [2.24, 2.45) is 11.8 Å². The van der Waals surface area contributed by atoms with E-state index in [0.717, 1.165) is 35.8 Å². The molecule has 2 aliphatic heterocycles. The van der Waals surface area contributed by atoms with Gasteiger partial charge in [-0.2, -0.15) is 0 Å². The number of aldehydes is 2. The number of nitrogens with one attached hydrogen (secondary N) is 1. The van der Waals surface area contributed by atoms with E-state index in [4.69, 9.17) is 0 Å². The molecule has 3 unspecified atom stereocenters. The van der Waals surface area contributed by atoms with Crippen molar-refractivity contribution in [3.63, 3.8) is 0 Å². The third kappa shape index (κ3) is 2.63. The van der Waals surface area contributed by atoms with Crippen LogP contribution in [0.15, 0.2) is 35.4 Å². The molecule has 2 N–H and O–H groups in total. The number of hydrogen-bond acceptors (Lipinski definition) is 4. The van der Waals surface area contributed by atoms with E-state index >= 15 is 0 Å². The summed E-state index contributed by atoms with van der Waals surface area (Å²) in [5.41, 5.74) is 3.40. The zero-order chi connectivity index (χ0) is 19.1. The number of hydrogen-bond donors (Lipinski definition) is 2. The van der Waals surface area contributed by atoms with Crippen molar-refractivity contribution in [2.45, 2.75) is 25.8 Å². The van der Waals surface area contributed by atoms with Crippen LogP contribution in [0.2, 0.25) is 0 Å². The molecule has 1 aromatic heterocycles. The number of rotatable bonds is 4. The summed E-state index contributed by atoms with van der Waals surface area (Å²) in [5.74, 6) is -2.02. The fourth-order valence-corrected chi connectivity index (χ4v) is 4.89. The summed E-state index contributed by atoms with van der Waals surface area (Å²) in [4.78, 5) is 41.1. The van der Waals surface area contributed by atoms with Gasteiger partial charge in [-0.15, -0.1) is 0 Å². The van der Waals surface area contributed by atoms with Gasteiger partial charge in [-0.1, -0.05) is 25.1 Å². The van der Waals surface area contributed by atoms with Crippen molar-refractivity contribution < 1.29 is 19.5 Å². The lowest BCUT2D eigenvalue weighted by Gasteiger charge is -2.47. The Hall–Kier alpha value is -2.73. The van der Waals surface area contributed by atoms with Crippen LogP contribution in [0.5, 0.6) is 0 Å². The maximum atomic E-state index is 12.2. The number of para-hydroxylation sites is 1. The van der Waals surface area contributed by atoms with Crippen LogP contribution in [-0.4, -0.2) is 46.6 Å². The van der Waals surface area contributed by atoms with Crippen LogP contribution in [-0.2, 0) is 20.8 Å². The van der Waals surface area contributed by atoms with Gasteiger partial charge in [0.15, 0.2) is 6.29 Å². The zero-order valence-electron chi connectivity index (χ0n) is 15.1. The highest BCUT2D eigenvalue weighted by atomic mass is 16.4. The Morgan fingerprint density at radius 3 is 2.78 bits per heavy atom. The van der Waals surface area contributed by atoms with Crippen LogP contribution in [0.1, 0.15) is 30.6 Å². The number of carbonyl (C=O) groups is 3. The van der Waals surface area contributed by atoms with Crippen LogP contribution < -0.4 is 0 Å². The van der Waals surface area contributed by atoms with E-state index in [2.05, 4.69) is 16.0 Å². The molecule has 6 nitrogen and oxygen atoms in total. The average molecular weight is 366 g/mol. The topological polar surface area (TPSA) is 90.5 Å². The van der Waals surface area contributed by atoms with Crippen molar-refractivity contribution in [3.8, 4) is 0 Å². The Bertz CT molecular complexity index is 958. The number of carboxylic acid groups (broad SMARTS) is 1. The Labute approximate surface area is 156 Å². The van der Waals surface area contributed by atoms with E-state index in [-0.39, 0.29) is 17.5 Å². The molecular weight excluding hydrogens is 344 g/mol. The lowest BCUT2D eigenvalue weighted by Crippen LogP contribution is -2.49. The Morgan fingerprint density at radius 1 is 1.33 bits per heavy atom. The van der Waals surface area contributed by atoms with Gasteiger partial charge >= 0.3 is 5.97 Å². The SMILES string of the molecule is CCC1CN2CCc3c([nH]c4ccccc34)C2C(C=O)C1=C(C=O)C(=O)O. The first-order chi connectivity index (χ1) is 13.1. The van der Waals surface area contributed by atoms with E-state index in [9.17, 15) is 19.5 Å². The van der Waals surface area contributed by atoms with Gasteiger partial charge in [0, 0.05) is 29.7 Å². The molecule has 0 spiro atoms. The first-order valence-corrected chi connectivity index (χ1v) is 9.32. The molecule has 3 atom stereocenters. The number of H-pyrrole nitrogens is 1. The van der Waals surface area contributed by atoms with Gasteiger partial charge in [0.05, 0.1) is 17.5 Å². The van der Waals surface area contributed by atoms with Crippen molar-refractivity contribution in [2.75, 3.05) is 13.1 Å². The van der Waals surface area contributed by atoms with Crippen molar-refractivity contribution in [1.82, 2.24) is 9.88 Å². The summed E-state index contributed by atoms with van der Waals surface area (Å²) in [6, 6.07) is 7.78. The Kier molecular flexibility index (Phi) is 4.44. The molecule has 2 aliphatic rings. The minimum atomic E-state index is -1.26. The predicted octanol–water partition coefficient (Wildman–Crippen LogP) is 2.50. The number of carbonyl (C=O) groups excluding carboxylic acids is 2. The second kappa shape index (κ2) is 6.78. The molecule has 1 aromatic carbocycles. The van der Waals surface area contributed by atoms with Crippen LogP contribution in [0, 0.1) is 11.8 Å². The minimum absolute atomic E-state index is 0.112. The van der Waals surface area contributed by atoms with Crippen molar-refractivity contribution in [1.29, 1.82) is 0 Å². The number of piperidine rings is 1. The van der Waals surface area contributed by atoms with Gasteiger partial charge in [0.1, 0.15) is 6.29 Å². The number of benzene rings is 1. The molecular formula is C21H22N2O4. The summed E-state index contributed by atoms with van der Waals surface area (Å²) in [7, 11) is 0. The number of fused-ring (bicyclic) bond motifs is 5. The summed E-state index contributed by atoms with van der Waals surface area (Å²) < 4.78 is 0. The number of aromatic nitrogens is 1. The highest BCUT2D eigenvalue weighted by Gasteiger charge is 2.45. The second-order valence-corrected chi connectivity index (χ2v) is 7.31. The van der Waals surface area contributed by atoms with Crippen LogP contribution >= 0.6 is 0 Å². The van der Waals surface area contributed by atoms with Crippen molar-refractivity contribution in [3.05, 3.63) is 46.7 Å². The first kappa shape index (κ1) is 17.7. The monoisotopic (exact) mass is 366 g/mol. The lowest BCUT2D eigenvalue weighted by atomic mass is 9.72. The summed E-state index contributed by atoms with van der Waals surface area (Å²) in [5, 5.41) is 10.7. The predicted molar refractivity (Wildman–Crippen MR) is 100 cm³/mol. The minimum Gasteiger partial charge on any atom is -0.478 e. The van der Waals surface area contributed by atoms with Crippen LogP contribution in [0.25, 0.3) is 10.9 Å².